The zero-order valence-corrected chi connectivity index (χ0v) is 8.96. The summed E-state index contributed by atoms with van der Waals surface area (Å²) in [5, 5.41) is 14.6. The van der Waals surface area contributed by atoms with E-state index in [9.17, 15) is 5.11 Å². The van der Waals surface area contributed by atoms with Gasteiger partial charge in [0.25, 0.3) is 0 Å². The smallest absolute Gasteiger partial charge is 0.116 e. The summed E-state index contributed by atoms with van der Waals surface area (Å²) in [6, 6.07) is 10.9. The Kier molecular flexibility index (Phi) is 3.15. The molecule has 0 atom stereocenters. The molecule has 2 aromatic rings. The third-order valence-corrected chi connectivity index (χ3v) is 2.27. The van der Waals surface area contributed by atoms with Gasteiger partial charge in [-0.05, 0) is 40.6 Å². The van der Waals surface area contributed by atoms with Crippen LogP contribution in [0.2, 0.25) is 0 Å². The zero-order chi connectivity index (χ0) is 12.1. The molecule has 0 aliphatic carbocycles. The van der Waals surface area contributed by atoms with E-state index in [1.165, 1.54) is 0 Å². The summed E-state index contributed by atoms with van der Waals surface area (Å²) in [5.41, 5.74) is 8.96. The van der Waals surface area contributed by atoms with Crippen molar-refractivity contribution < 1.29 is 5.11 Å². The van der Waals surface area contributed by atoms with Crippen molar-refractivity contribution in [3.8, 4) is 17.6 Å². The van der Waals surface area contributed by atoms with E-state index in [0.29, 0.717) is 0 Å². The molecule has 82 valence electrons. The molecule has 4 nitrogen and oxygen atoms in total. The maximum absolute atomic E-state index is 9.33. The number of hydrogen-bond donors (Lipinski definition) is 1. The van der Waals surface area contributed by atoms with E-state index in [1.54, 1.807) is 12.1 Å². The van der Waals surface area contributed by atoms with Gasteiger partial charge in [-0.25, -0.2) is 0 Å². The number of fused-ring (bicyclic) bond motifs is 1. The first-order valence-electron chi connectivity index (χ1n) is 5.02. The Morgan fingerprint density at radius 1 is 1.18 bits per heavy atom. The summed E-state index contributed by atoms with van der Waals surface area (Å²) in [6.07, 6.45) is 0. The molecule has 2 rings (SSSR count). The standard InChI is InChI=1S/C13H9N3O/c14-16-15-7-1-2-10-3-4-12-9-13(17)6-5-11(12)8-10/h3-6,8-9,17H,7H2. The van der Waals surface area contributed by atoms with Gasteiger partial charge < -0.3 is 5.11 Å². The lowest BCUT2D eigenvalue weighted by atomic mass is 10.1. The molecule has 0 heterocycles. The van der Waals surface area contributed by atoms with Crippen LogP contribution >= 0.6 is 0 Å². The third-order valence-electron chi connectivity index (χ3n) is 2.27. The number of benzene rings is 2. The molecule has 0 aliphatic heterocycles. The third kappa shape index (κ3) is 2.69. The Balaban J connectivity index is 2.33. The van der Waals surface area contributed by atoms with E-state index >= 15 is 0 Å². The van der Waals surface area contributed by atoms with Gasteiger partial charge in [0, 0.05) is 10.5 Å². The molecule has 0 spiro atoms. The van der Waals surface area contributed by atoms with Crippen LogP contribution in [0.4, 0.5) is 0 Å². The van der Waals surface area contributed by atoms with Gasteiger partial charge in [0.2, 0.25) is 0 Å². The van der Waals surface area contributed by atoms with Crippen molar-refractivity contribution in [3.63, 3.8) is 0 Å². The second kappa shape index (κ2) is 4.93. The van der Waals surface area contributed by atoms with E-state index in [4.69, 9.17) is 5.53 Å². The van der Waals surface area contributed by atoms with Crippen LogP contribution in [0.3, 0.4) is 0 Å². The summed E-state index contributed by atoms with van der Waals surface area (Å²) in [5.74, 6) is 5.92. The van der Waals surface area contributed by atoms with Crippen molar-refractivity contribution in [2.75, 3.05) is 6.54 Å². The van der Waals surface area contributed by atoms with Crippen molar-refractivity contribution in [1.29, 1.82) is 0 Å². The van der Waals surface area contributed by atoms with Crippen molar-refractivity contribution in [1.82, 2.24) is 0 Å². The van der Waals surface area contributed by atoms with Crippen LogP contribution < -0.4 is 0 Å². The first-order chi connectivity index (χ1) is 8.29. The molecule has 0 bridgehead atoms. The van der Waals surface area contributed by atoms with Gasteiger partial charge in [-0.3, -0.25) is 0 Å². The molecule has 0 aliphatic rings. The molecule has 0 aromatic heterocycles. The number of nitrogens with zero attached hydrogens (tertiary/aromatic N) is 3. The average Bonchev–Trinajstić information content (AvgIpc) is 2.35. The summed E-state index contributed by atoms with van der Waals surface area (Å²) < 4.78 is 0. The highest BCUT2D eigenvalue weighted by molar-refractivity contribution is 5.85. The van der Waals surface area contributed by atoms with Crippen LogP contribution in [0, 0.1) is 11.8 Å². The minimum atomic E-state index is 0.171. The lowest BCUT2D eigenvalue weighted by Gasteiger charge is -1.99. The Morgan fingerprint density at radius 3 is 2.76 bits per heavy atom. The van der Waals surface area contributed by atoms with Crippen LogP contribution in [0.15, 0.2) is 41.5 Å². The molecular weight excluding hydrogens is 214 g/mol. The van der Waals surface area contributed by atoms with E-state index in [0.717, 1.165) is 16.3 Å². The van der Waals surface area contributed by atoms with Crippen LogP contribution in [0.5, 0.6) is 5.75 Å². The summed E-state index contributed by atoms with van der Waals surface area (Å²) in [7, 11) is 0. The Labute approximate surface area is 98.1 Å². The molecule has 1 N–H and O–H groups in total. The SMILES string of the molecule is [N-]=[N+]=NCC#Cc1ccc2cc(O)ccc2c1. The summed E-state index contributed by atoms with van der Waals surface area (Å²) in [4.78, 5) is 2.62. The molecule has 4 heteroatoms. The molecule has 2 aromatic carbocycles. The van der Waals surface area contributed by atoms with Gasteiger partial charge in [-0.15, -0.1) is 0 Å². The van der Waals surface area contributed by atoms with Gasteiger partial charge in [0.05, 0.1) is 6.54 Å². The minimum Gasteiger partial charge on any atom is -0.508 e. The van der Waals surface area contributed by atoms with Crippen LogP contribution in [-0.4, -0.2) is 11.7 Å². The topological polar surface area (TPSA) is 69.0 Å². The second-order valence-corrected chi connectivity index (χ2v) is 3.44. The first kappa shape index (κ1) is 10.9. The van der Waals surface area contributed by atoms with Gasteiger partial charge in [-0.2, -0.15) is 0 Å². The van der Waals surface area contributed by atoms with Gasteiger partial charge >= 0.3 is 0 Å². The number of phenolic OH excluding ortho intramolecular Hbond substituents is 1. The molecule has 0 saturated heterocycles. The Hall–Kier alpha value is -2.63. The van der Waals surface area contributed by atoms with Gasteiger partial charge in [0.15, 0.2) is 0 Å². The van der Waals surface area contributed by atoms with Gasteiger partial charge in [-0.1, -0.05) is 29.1 Å². The lowest BCUT2D eigenvalue weighted by Crippen LogP contribution is -1.78. The number of phenols is 1. The number of azide groups is 1. The Bertz CT molecular complexity index is 661. The maximum atomic E-state index is 9.33. The van der Waals surface area contributed by atoms with E-state index < -0.39 is 0 Å². The van der Waals surface area contributed by atoms with E-state index in [2.05, 4.69) is 21.9 Å². The molecule has 0 fully saturated rings. The first-order valence-corrected chi connectivity index (χ1v) is 5.02. The Morgan fingerprint density at radius 2 is 1.94 bits per heavy atom. The predicted molar refractivity (Wildman–Crippen MR) is 66.5 cm³/mol. The summed E-state index contributed by atoms with van der Waals surface area (Å²) in [6.45, 7) is 0.171. The molecule has 17 heavy (non-hydrogen) atoms. The highest BCUT2D eigenvalue weighted by Gasteiger charge is 1.95. The van der Waals surface area contributed by atoms with Crippen LogP contribution in [0.25, 0.3) is 21.2 Å². The average molecular weight is 223 g/mol. The monoisotopic (exact) mass is 223 g/mol. The quantitative estimate of drug-likeness (QED) is 0.343. The van der Waals surface area contributed by atoms with Crippen LogP contribution in [-0.2, 0) is 0 Å². The van der Waals surface area contributed by atoms with E-state index in [1.807, 2.05) is 24.3 Å². The van der Waals surface area contributed by atoms with Crippen LogP contribution in [0.1, 0.15) is 5.56 Å². The second-order valence-electron chi connectivity index (χ2n) is 3.44. The predicted octanol–water partition coefficient (Wildman–Crippen LogP) is 3.21. The fraction of sp³-hybridized carbons (Fsp3) is 0.0769. The highest BCUT2D eigenvalue weighted by atomic mass is 16.3. The molecule has 0 saturated carbocycles. The number of aromatic hydroxyl groups is 1. The van der Waals surface area contributed by atoms with Crippen molar-refractivity contribution in [2.24, 2.45) is 5.11 Å². The van der Waals surface area contributed by atoms with Crippen molar-refractivity contribution in [3.05, 3.63) is 52.4 Å². The molecule has 0 amide bonds. The fourth-order valence-corrected chi connectivity index (χ4v) is 1.52. The van der Waals surface area contributed by atoms with Gasteiger partial charge in [0.1, 0.15) is 5.75 Å². The maximum Gasteiger partial charge on any atom is 0.116 e. The molecular formula is C13H9N3O. The van der Waals surface area contributed by atoms with Crippen molar-refractivity contribution in [2.45, 2.75) is 0 Å². The van der Waals surface area contributed by atoms with E-state index in [-0.39, 0.29) is 12.3 Å². The van der Waals surface area contributed by atoms with Crippen molar-refractivity contribution >= 4 is 10.8 Å². The normalized spacial score (nSPS) is 9.18. The molecule has 0 radical (unpaired) electrons. The lowest BCUT2D eigenvalue weighted by molar-refractivity contribution is 0.476. The largest absolute Gasteiger partial charge is 0.508 e. The number of rotatable bonds is 1. The fourth-order valence-electron chi connectivity index (χ4n) is 1.52. The highest BCUT2D eigenvalue weighted by Crippen LogP contribution is 2.20. The zero-order valence-electron chi connectivity index (χ0n) is 8.96. The minimum absolute atomic E-state index is 0.171. The number of hydrogen-bond acceptors (Lipinski definition) is 2. The summed E-state index contributed by atoms with van der Waals surface area (Å²) >= 11 is 0. The molecule has 0 unspecified atom stereocenters.